The molecule has 2 aromatic carbocycles. The predicted octanol–water partition coefficient (Wildman–Crippen LogP) is 4.45. The molecule has 0 fully saturated rings. The van der Waals surface area contributed by atoms with E-state index in [9.17, 15) is 10.5 Å². The smallest absolute Gasteiger partial charge is 0.127 e. The Bertz CT molecular complexity index is 1190. The van der Waals surface area contributed by atoms with E-state index in [-0.39, 0.29) is 0 Å². The fourth-order valence-electron chi connectivity index (χ4n) is 3.38. The molecule has 146 valence electrons. The van der Waals surface area contributed by atoms with Gasteiger partial charge in [-0.3, -0.25) is 0 Å². The molecule has 7 heteroatoms. The van der Waals surface area contributed by atoms with Crippen molar-refractivity contribution in [2.45, 2.75) is 6.17 Å². The molecule has 0 saturated carbocycles. The van der Waals surface area contributed by atoms with Crippen molar-refractivity contribution >= 4 is 33.4 Å². The SMILES string of the molecule is N#C/C(=C/c1cccn1-c1ccc(Br)cc1)C1=NN(c2ccccc2)[C@H](N)[C@H]1C#N. The van der Waals surface area contributed by atoms with E-state index in [1.165, 1.54) is 0 Å². The van der Waals surface area contributed by atoms with E-state index in [0.29, 0.717) is 11.3 Å². The molecule has 30 heavy (non-hydrogen) atoms. The van der Waals surface area contributed by atoms with Gasteiger partial charge in [-0.05, 0) is 54.6 Å². The number of nitriles is 2. The highest BCUT2D eigenvalue weighted by molar-refractivity contribution is 9.10. The van der Waals surface area contributed by atoms with Crippen LogP contribution in [0.25, 0.3) is 11.8 Å². The van der Waals surface area contributed by atoms with Crippen LogP contribution in [0.5, 0.6) is 0 Å². The zero-order valence-electron chi connectivity index (χ0n) is 15.9. The zero-order valence-corrected chi connectivity index (χ0v) is 17.4. The number of hydrazone groups is 1. The molecule has 0 unspecified atom stereocenters. The second-order valence-corrected chi connectivity index (χ2v) is 7.63. The predicted molar refractivity (Wildman–Crippen MR) is 120 cm³/mol. The number of benzene rings is 2. The van der Waals surface area contributed by atoms with Crippen molar-refractivity contribution < 1.29 is 0 Å². The second kappa shape index (κ2) is 8.38. The van der Waals surface area contributed by atoms with Gasteiger partial charge in [-0.15, -0.1) is 0 Å². The fraction of sp³-hybridized carbons (Fsp3) is 0.0870. The Morgan fingerprint density at radius 2 is 1.73 bits per heavy atom. The molecule has 2 N–H and O–H groups in total. The average molecular weight is 457 g/mol. The molecule has 6 nitrogen and oxygen atoms in total. The largest absolute Gasteiger partial charge is 0.317 e. The van der Waals surface area contributed by atoms with Gasteiger partial charge in [0.05, 0.1) is 23.0 Å². The summed E-state index contributed by atoms with van der Waals surface area (Å²) < 4.78 is 2.95. The third-order valence-electron chi connectivity index (χ3n) is 4.87. The van der Waals surface area contributed by atoms with E-state index in [4.69, 9.17) is 5.73 Å². The summed E-state index contributed by atoms with van der Waals surface area (Å²) in [5.74, 6) is -0.716. The molecular weight excluding hydrogens is 440 g/mol. The third-order valence-corrected chi connectivity index (χ3v) is 5.40. The molecule has 0 bridgehead atoms. The van der Waals surface area contributed by atoms with Gasteiger partial charge in [-0.25, -0.2) is 5.01 Å². The second-order valence-electron chi connectivity index (χ2n) is 6.71. The van der Waals surface area contributed by atoms with Crippen LogP contribution in [0.2, 0.25) is 0 Å². The Kier molecular flexibility index (Phi) is 5.49. The monoisotopic (exact) mass is 456 g/mol. The lowest BCUT2D eigenvalue weighted by Crippen LogP contribution is -2.40. The molecule has 1 aromatic heterocycles. The van der Waals surface area contributed by atoms with E-state index in [1.54, 1.807) is 11.1 Å². The van der Waals surface area contributed by atoms with Crippen LogP contribution in [0.15, 0.2) is 88.1 Å². The molecule has 2 heterocycles. The number of halogens is 1. The fourth-order valence-corrected chi connectivity index (χ4v) is 3.64. The number of para-hydroxylation sites is 1. The molecule has 3 aromatic rings. The van der Waals surface area contributed by atoms with Gasteiger partial charge >= 0.3 is 0 Å². The van der Waals surface area contributed by atoms with Crippen LogP contribution < -0.4 is 10.7 Å². The molecule has 1 aliphatic heterocycles. The van der Waals surface area contributed by atoms with Crippen molar-refractivity contribution in [3.05, 3.63) is 88.7 Å². The van der Waals surface area contributed by atoms with E-state index >= 15 is 0 Å². The molecule has 0 aliphatic carbocycles. The summed E-state index contributed by atoms with van der Waals surface area (Å²) in [7, 11) is 0. The minimum atomic E-state index is -0.716. The highest BCUT2D eigenvalue weighted by Crippen LogP contribution is 2.29. The molecule has 0 amide bonds. The first-order valence-corrected chi connectivity index (χ1v) is 10.0. The maximum atomic E-state index is 9.86. The highest BCUT2D eigenvalue weighted by Gasteiger charge is 2.37. The Labute approximate surface area is 182 Å². The Hall–Kier alpha value is -3.65. The van der Waals surface area contributed by atoms with Gasteiger partial charge in [0.15, 0.2) is 0 Å². The molecular formula is C23H17BrN6. The van der Waals surface area contributed by atoms with Crippen LogP contribution >= 0.6 is 15.9 Å². The Morgan fingerprint density at radius 1 is 1.00 bits per heavy atom. The van der Waals surface area contributed by atoms with Gasteiger partial charge in [-0.2, -0.15) is 15.6 Å². The first-order chi connectivity index (χ1) is 14.6. The standard InChI is InChI=1S/C23H17BrN6/c24-17-8-10-18(11-9-17)29-12-4-7-20(29)13-16(14-25)22-21(15-26)23(27)30(28-22)19-5-2-1-3-6-19/h1-13,21,23H,27H2/b16-13-/t21-,23-/m0/s1. The van der Waals surface area contributed by atoms with E-state index in [1.807, 2.05) is 77.5 Å². The van der Waals surface area contributed by atoms with Gasteiger partial charge in [0.2, 0.25) is 0 Å². The number of rotatable bonds is 4. The van der Waals surface area contributed by atoms with E-state index in [2.05, 4.69) is 33.2 Å². The lowest BCUT2D eigenvalue weighted by Gasteiger charge is -2.21. The zero-order chi connectivity index (χ0) is 21.1. The quantitative estimate of drug-likeness (QED) is 0.586. The number of aromatic nitrogens is 1. The topological polar surface area (TPSA) is 94.1 Å². The molecule has 0 radical (unpaired) electrons. The summed E-state index contributed by atoms with van der Waals surface area (Å²) in [6, 6.07) is 25.5. The number of nitrogens with two attached hydrogens (primary N) is 1. The molecule has 1 aliphatic rings. The normalized spacial score (nSPS) is 18.6. The molecule has 0 saturated heterocycles. The van der Waals surface area contributed by atoms with Gasteiger partial charge < -0.3 is 10.3 Å². The summed E-state index contributed by atoms with van der Waals surface area (Å²) >= 11 is 3.44. The lowest BCUT2D eigenvalue weighted by atomic mass is 9.96. The summed E-state index contributed by atoms with van der Waals surface area (Å²) in [5.41, 5.74) is 9.52. The first-order valence-electron chi connectivity index (χ1n) is 9.26. The van der Waals surface area contributed by atoms with Crippen molar-refractivity contribution in [1.82, 2.24) is 4.57 Å². The van der Waals surface area contributed by atoms with Crippen molar-refractivity contribution in [1.29, 1.82) is 10.5 Å². The minimum Gasteiger partial charge on any atom is -0.317 e. The number of hydrogen-bond donors (Lipinski definition) is 1. The number of anilines is 1. The van der Waals surface area contributed by atoms with Gasteiger partial charge in [0.25, 0.3) is 0 Å². The van der Waals surface area contributed by atoms with Crippen LogP contribution in [0, 0.1) is 28.6 Å². The Balaban J connectivity index is 1.75. The average Bonchev–Trinajstić information content (AvgIpc) is 3.37. The summed E-state index contributed by atoms with van der Waals surface area (Å²) in [4.78, 5) is 0. The van der Waals surface area contributed by atoms with Crippen LogP contribution in [-0.2, 0) is 0 Å². The summed E-state index contributed by atoms with van der Waals surface area (Å²) in [6.45, 7) is 0. The number of allylic oxidation sites excluding steroid dienone is 1. The van der Waals surface area contributed by atoms with Crippen molar-refractivity contribution in [2.24, 2.45) is 16.8 Å². The third kappa shape index (κ3) is 3.65. The van der Waals surface area contributed by atoms with Crippen molar-refractivity contribution in [3.63, 3.8) is 0 Å². The van der Waals surface area contributed by atoms with Gasteiger partial charge in [0.1, 0.15) is 18.2 Å². The van der Waals surface area contributed by atoms with Gasteiger partial charge in [-0.1, -0.05) is 34.1 Å². The van der Waals surface area contributed by atoms with Crippen LogP contribution in [0.3, 0.4) is 0 Å². The van der Waals surface area contributed by atoms with Crippen LogP contribution in [0.1, 0.15) is 5.69 Å². The lowest BCUT2D eigenvalue weighted by molar-refractivity contribution is 0.624. The van der Waals surface area contributed by atoms with Crippen molar-refractivity contribution in [2.75, 3.05) is 5.01 Å². The molecule has 2 atom stereocenters. The number of hydrogen-bond acceptors (Lipinski definition) is 5. The molecule has 0 spiro atoms. The minimum absolute atomic E-state index is 0.312. The Morgan fingerprint density at radius 3 is 2.40 bits per heavy atom. The van der Waals surface area contributed by atoms with Gasteiger partial charge in [0, 0.05) is 22.1 Å². The highest BCUT2D eigenvalue weighted by atomic mass is 79.9. The van der Waals surface area contributed by atoms with Crippen molar-refractivity contribution in [3.8, 4) is 17.8 Å². The first kappa shape index (κ1) is 19.7. The summed E-state index contributed by atoms with van der Waals surface area (Å²) in [5, 5.41) is 25.7. The number of nitrogens with zero attached hydrogens (tertiary/aromatic N) is 5. The van der Waals surface area contributed by atoms with E-state index in [0.717, 1.165) is 21.5 Å². The maximum Gasteiger partial charge on any atom is 0.127 e. The maximum absolute atomic E-state index is 9.86. The van der Waals surface area contributed by atoms with Crippen LogP contribution in [-0.4, -0.2) is 16.4 Å². The summed E-state index contributed by atoms with van der Waals surface area (Å²) in [6.07, 6.45) is 3.00. The molecule has 4 rings (SSSR count). The van der Waals surface area contributed by atoms with E-state index < -0.39 is 12.1 Å². The van der Waals surface area contributed by atoms with Crippen LogP contribution in [0.4, 0.5) is 5.69 Å².